The molecule has 0 saturated heterocycles. The van der Waals surface area contributed by atoms with Gasteiger partial charge in [-0.2, -0.15) is 0 Å². The average Bonchev–Trinajstić information content (AvgIpc) is 2.89. The van der Waals surface area contributed by atoms with Crippen LogP contribution in [0.5, 0.6) is 5.75 Å². The van der Waals surface area contributed by atoms with E-state index in [4.69, 9.17) is 4.74 Å². The van der Waals surface area contributed by atoms with Gasteiger partial charge in [0.1, 0.15) is 5.75 Å². The van der Waals surface area contributed by atoms with Gasteiger partial charge in [-0.05, 0) is 31.2 Å². The summed E-state index contributed by atoms with van der Waals surface area (Å²) in [6.45, 7) is 4.05. The number of nitrogens with zero attached hydrogens (tertiary/aromatic N) is 1. The highest BCUT2D eigenvalue weighted by Gasteiger charge is 2.11. The molecule has 0 aliphatic carbocycles. The number of ether oxygens (including phenoxy) is 1. The molecular formula is C14H20N4O2. The average molecular weight is 276 g/mol. The number of hydrogen-bond donors (Lipinski definition) is 3. The van der Waals surface area contributed by atoms with E-state index in [-0.39, 0.29) is 5.91 Å². The molecule has 3 N–H and O–H groups in total. The number of carbonyl (C=O) groups excluding carboxylic acids is 1. The van der Waals surface area contributed by atoms with E-state index in [1.165, 1.54) is 0 Å². The van der Waals surface area contributed by atoms with Crippen LogP contribution in [0.2, 0.25) is 0 Å². The number of benzene rings is 1. The van der Waals surface area contributed by atoms with Gasteiger partial charge in [-0.1, -0.05) is 0 Å². The Labute approximate surface area is 118 Å². The number of guanidine groups is 1. The van der Waals surface area contributed by atoms with Crippen molar-refractivity contribution < 1.29 is 9.53 Å². The van der Waals surface area contributed by atoms with Gasteiger partial charge in [-0.25, -0.2) is 0 Å². The third kappa shape index (κ3) is 3.88. The first-order chi connectivity index (χ1) is 9.69. The molecule has 1 aliphatic rings. The van der Waals surface area contributed by atoms with Crippen molar-refractivity contribution in [2.75, 3.05) is 26.7 Å². The Morgan fingerprint density at radius 1 is 1.40 bits per heavy atom. The minimum absolute atomic E-state index is 0.0934. The van der Waals surface area contributed by atoms with Crippen molar-refractivity contribution in [1.82, 2.24) is 16.0 Å². The molecule has 1 unspecified atom stereocenters. The fraction of sp³-hybridized carbons (Fsp3) is 0.429. The van der Waals surface area contributed by atoms with Crippen LogP contribution in [0.4, 0.5) is 0 Å². The van der Waals surface area contributed by atoms with Gasteiger partial charge in [0.2, 0.25) is 0 Å². The first-order valence-electron chi connectivity index (χ1n) is 6.66. The number of amides is 1. The standard InChI is InChI=1S/C14H20N4O2/c1-10-9-17-14(18-10)16-8-7-15-13(19)11-3-5-12(20-2)6-4-11/h3-6,10H,7-9H2,1-2H3,(H,15,19)(H2,16,17,18). The molecule has 1 aromatic carbocycles. The van der Waals surface area contributed by atoms with Gasteiger partial charge < -0.3 is 20.7 Å². The summed E-state index contributed by atoms with van der Waals surface area (Å²) in [6, 6.07) is 7.40. The lowest BCUT2D eigenvalue weighted by Gasteiger charge is -2.09. The number of nitrogens with one attached hydrogen (secondary N) is 3. The topological polar surface area (TPSA) is 74.8 Å². The molecule has 20 heavy (non-hydrogen) atoms. The van der Waals surface area contributed by atoms with E-state index >= 15 is 0 Å². The Bertz CT molecular complexity index is 484. The molecule has 0 spiro atoms. The zero-order valence-corrected chi connectivity index (χ0v) is 11.8. The SMILES string of the molecule is COc1ccc(C(=O)NCCNC2=NCC(C)N2)cc1. The smallest absolute Gasteiger partial charge is 0.251 e. The van der Waals surface area contributed by atoms with E-state index in [0.717, 1.165) is 18.3 Å². The van der Waals surface area contributed by atoms with Crippen molar-refractivity contribution in [2.45, 2.75) is 13.0 Å². The quantitative estimate of drug-likeness (QED) is 0.679. The second-order valence-electron chi connectivity index (χ2n) is 4.65. The van der Waals surface area contributed by atoms with Gasteiger partial charge in [-0.15, -0.1) is 0 Å². The van der Waals surface area contributed by atoms with E-state index in [1.807, 2.05) is 0 Å². The summed E-state index contributed by atoms with van der Waals surface area (Å²) in [4.78, 5) is 16.1. The van der Waals surface area contributed by atoms with Crippen molar-refractivity contribution in [3.63, 3.8) is 0 Å². The van der Waals surface area contributed by atoms with Crippen molar-refractivity contribution in [3.8, 4) is 5.75 Å². The Kier molecular flexibility index (Phi) is 4.81. The van der Waals surface area contributed by atoms with Crippen LogP contribution in [-0.2, 0) is 0 Å². The van der Waals surface area contributed by atoms with Gasteiger partial charge in [0.25, 0.3) is 5.91 Å². The molecule has 0 bridgehead atoms. The highest BCUT2D eigenvalue weighted by molar-refractivity contribution is 5.94. The maximum Gasteiger partial charge on any atom is 0.251 e. The first-order valence-corrected chi connectivity index (χ1v) is 6.66. The molecule has 0 saturated carbocycles. The molecule has 1 amide bonds. The van der Waals surface area contributed by atoms with Crippen molar-refractivity contribution in [2.24, 2.45) is 4.99 Å². The number of rotatable bonds is 5. The van der Waals surface area contributed by atoms with Crippen molar-refractivity contribution in [3.05, 3.63) is 29.8 Å². The third-order valence-corrected chi connectivity index (χ3v) is 2.96. The van der Waals surface area contributed by atoms with E-state index in [2.05, 4.69) is 27.9 Å². The van der Waals surface area contributed by atoms with Crippen molar-refractivity contribution >= 4 is 11.9 Å². The van der Waals surface area contributed by atoms with Gasteiger partial charge >= 0.3 is 0 Å². The van der Waals surface area contributed by atoms with Crippen LogP contribution in [-0.4, -0.2) is 44.7 Å². The minimum atomic E-state index is -0.0934. The monoisotopic (exact) mass is 276 g/mol. The molecule has 0 radical (unpaired) electrons. The summed E-state index contributed by atoms with van der Waals surface area (Å²) in [5.74, 6) is 1.45. The van der Waals surface area contributed by atoms with Gasteiger partial charge in [0, 0.05) is 24.7 Å². The fourth-order valence-corrected chi connectivity index (χ4v) is 1.86. The zero-order chi connectivity index (χ0) is 14.4. The van der Waals surface area contributed by atoms with Crippen LogP contribution in [0.25, 0.3) is 0 Å². The largest absolute Gasteiger partial charge is 0.497 e. The summed E-state index contributed by atoms with van der Waals surface area (Å²) in [7, 11) is 1.60. The molecule has 2 rings (SSSR count). The van der Waals surface area contributed by atoms with E-state index in [9.17, 15) is 4.79 Å². The Morgan fingerprint density at radius 2 is 2.15 bits per heavy atom. The van der Waals surface area contributed by atoms with Gasteiger partial charge in [-0.3, -0.25) is 9.79 Å². The molecule has 0 fully saturated rings. The Hall–Kier alpha value is -2.24. The number of hydrogen-bond acceptors (Lipinski definition) is 5. The van der Waals surface area contributed by atoms with Crippen LogP contribution in [0, 0.1) is 0 Å². The molecule has 1 atom stereocenters. The summed E-state index contributed by atoms with van der Waals surface area (Å²) in [5.41, 5.74) is 0.621. The van der Waals surface area contributed by atoms with Crippen LogP contribution in [0.15, 0.2) is 29.3 Å². The highest BCUT2D eigenvalue weighted by atomic mass is 16.5. The predicted molar refractivity (Wildman–Crippen MR) is 78.2 cm³/mol. The molecule has 6 heteroatoms. The van der Waals surface area contributed by atoms with Crippen LogP contribution in [0.3, 0.4) is 0 Å². The predicted octanol–water partition coefficient (Wildman–Crippen LogP) is 0.362. The molecule has 108 valence electrons. The van der Waals surface area contributed by atoms with Crippen molar-refractivity contribution in [1.29, 1.82) is 0 Å². The fourth-order valence-electron chi connectivity index (χ4n) is 1.86. The molecule has 1 aliphatic heterocycles. The lowest BCUT2D eigenvalue weighted by molar-refractivity contribution is 0.0954. The Morgan fingerprint density at radius 3 is 2.75 bits per heavy atom. The molecule has 1 heterocycles. The Balaban J connectivity index is 1.69. The highest BCUT2D eigenvalue weighted by Crippen LogP contribution is 2.10. The second kappa shape index (κ2) is 6.79. The van der Waals surface area contributed by atoms with Gasteiger partial charge in [0.15, 0.2) is 5.96 Å². The van der Waals surface area contributed by atoms with E-state index in [0.29, 0.717) is 24.7 Å². The van der Waals surface area contributed by atoms with E-state index < -0.39 is 0 Å². The minimum Gasteiger partial charge on any atom is -0.497 e. The number of carbonyl (C=O) groups is 1. The van der Waals surface area contributed by atoms with E-state index in [1.54, 1.807) is 31.4 Å². The normalized spacial score (nSPS) is 17.1. The summed E-state index contributed by atoms with van der Waals surface area (Å²) < 4.78 is 5.05. The molecule has 1 aromatic rings. The molecular weight excluding hydrogens is 256 g/mol. The maximum absolute atomic E-state index is 11.9. The molecule has 6 nitrogen and oxygen atoms in total. The number of aliphatic imine (C=N–C) groups is 1. The van der Waals surface area contributed by atoms with Crippen LogP contribution >= 0.6 is 0 Å². The second-order valence-corrected chi connectivity index (χ2v) is 4.65. The lowest BCUT2D eigenvalue weighted by Crippen LogP contribution is -2.41. The lowest BCUT2D eigenvalue weighted by atomic mass is 10.2. The summed E-state index contributed by atoms with van der Waals surface area (Å²) >= 11 is 0. The summed E-state index contributed by atoms with van der Waals surface area (Å²) in [5, 5.41) is 9.19. The first kappa shape index (κ1) is 14.2. The number of methoxy groups -OCH3 is 1. The summed E-state index contributed by atoms with van der Waals surface area (Å²) in [6.07, 6.45) is 0. The molecule has 0 aromatic heterocycles. The van der Waals surface area contributed by atoms with Crippen LogP contribution in [0.1, 0.15) is 17.3 Å². The van der Waals surface area contributed by atoms with Gasteiger partial charge in [0.05, 0.1) is 13.7 Å². The van der Waals surface area contributed by atoms with Crippen LogP contribution < -0.4 is 20.7 Å². The zero-order valence-electron chi connectivity index (χ0n) is 11.8. The third-order valence-electron chi connectivity index (χ3n) is 2.96. The maximum atomic E-state index is 11.9.